The summed E-state index contributed by atoms with van der Waals surface area (Å²) in [6, 6.07) is 8.30. The van der Waals surface area contributed by atoms with Crippen molar-refractivity contribution in [1.29, 1.82) is 0 Å². The van der Waals surface area contributed by atoms with Crippen LogP contribution >= 0.6 is 11.6 Å². The number of likely N-dealkylation sites (tertiary alicyclic amines) is 2. The highest BCUT2D eigenvalue weighted by Crippen LogP contribution is 2.57. The number of rotatable bonds is 6. The Bertz CT molecular complexity index is 1350. The molecule has 0 bridgehead atoms. The number of benzene rings is 2. The first-order valence-electron chi connectivity index (χ1n) is 15.0. The summed E-state index contributed by atoms with van der Waals surface area (Å²) in [5, 5.41) is 0.407. The smallest absolute Gasteiger partial charge is 0.243 e. The molecule has 1 saturated carbocycles. The van der Waals surface area contributed by atoms with Crippen molar-refractivity contribution in [1.82, 2.24) is 14.1 Å². The van der Waals surface area contributed by atoms with Gasteiger partial charge in [0.05, 0.1) is 16.4 Å². The largest absolute Gasteiger partial charge is 0.342 e. The van der Waals surface area contributed by atoms with Crippen molar-refractivity contribution in [2.24, 2.45) is 5.41 Å². The van der Waals surface area contributed by atoms with Crippen molar-refractivity contribution < 1.29 is 22.0 Å². The standard InChI is InChI=1S/C31H38ClF2N3O3S/c32-23-7-9-27(10-8-23)41(39,40)37-28(22-19-24(33)21-25(34)20-22)5-4-6-29(37)31(13-14-31)30(38)36-17-11-26(12-18-36)35-15-2-1-3-16-35/h7-10,19-21,26,28-29H,1-6,11-18H2. The average molecular weight is 606 g/mol. The first kappa shape index (κ1) is 29.0. The summed E-state index contributed by atoms with van der Waals surface area (Å²) < 4.78 is 58.8. The molecule has 1 amide bonds. The second-order valence-corrected chi connectivity index (χ2v) is 14.5. The van der Waals surface area contributed by atoms with E-state index >= 15 is 0 Å². The average Bonchev–Trinajstić information content (AvgIpc) is 3.79. The Kier molecular flexibility index (Phi) is 8.17. The number of piperidine rings is 3. The van der Waals surface area contributed by atoms with E-state index < -0.39 is 39.2 Å². The van der Waals surface area contributed by atoms with E-state index in [1.54, 1.807) is 0 Å². The van der Waals surface area contributed by atoms with Gasteiger partial charge in [0.15, 0.2) is 0 Å². The van der Waals surface area contributed by atoms with Gasteiger partial charge in [0.25, 0.3) is 0 Å². The maximum Gasteiger partial charge on any atom is 0.243 e. The van der Waals surface area contributed by atoms with Crippen LogP contribution in [0.25, 0.3) is 0 Å². The second kappa shape index (κ2) is 11.5. The topological polar surface area (TPSA) is 60.9 Å². The van der Waals surface area contributed by atoms with Gasteiger partial charge < -0.3 is 9.80 Å². The third kappa shape index (κ3) is 5.67. The number of sulfonamides is 1. The third-order valence-electron chi connectivity index (χ3n) is 9.74. The van der Waals surface area contributed by atoms with E-state index in [0.717, 1.165) is 32.0 Å². The van der Waals surface area contributed by atoms with Crippen molar-refractivity contribution in [3.8, 4) is 0 Å². The zero-order valence-corrected chi connectivity index (χ0v) is 24.9. The maximum atomic E-state index is 14.4. The molecule has 6 nitrogen and oxygen atoms in total. The Morgan fingerprint density at radius 3 is 2.07 bits per heavy atom. The summed E-state index contributed by atoms with van der Waals surface area (Å²) in [5.41, 5.74) is -0.544. The van der Waals surface area contributed by atoms with Crippen LogP contribution < -0.4 is 0 Å². The van der Waals surface area contributed by atoms with Gasteiger partial charge in [-0.25, -0.2) is 17.2 Å². The van der Waals surface area contributed by atoms with Crippen molar-refractivity contribution >= 4 is 27.5 Å². The lowest BCUT2D eigenvalue weighted by atomic mass is 9.83. The normalized spacial score (nSPS) is 26.2. The summed E-state index contributed by atoms with van der Waals surface area (Å²) >= 11 is 6.06. The van der Waals surface area contributed by atoms with Crippen molar-refractivity contribution in [2.75, 3.05) is 26.2 Å². The number of amides is 1. The van der Waals surface area contributed by atoms with Crippen LogP contribution in [0, 0.1) is 17.0 Å². The van der Waals surface area contributed by atoms with Crippen molar-refractivity contribution in [3.05, 3.63) is 64.7 Å². The Hall–Kier alpha value is -2.07. The fraction of sp³-hybridized carbons (Fsp3) is 0.581. The molecule has 3 aliphatic heterocycles. The van der Waals surface area contributed by atoms with Gasteiger partial charge in [-0.3, -0.25) is 4.79 Å². The molecule has 0 radical (unpaired) electrons. The molecule has 6 rings (SSSR count). The molecule has 2 aromatic rings. The molecule has 1 aliphatic carbocycles. The highest BCUT2D eigenvalue weighted by Gasteiger charge is 2.62. The summed E-state index contributed by atoms with van der Waals surface area (Å²) in [6.07, 6.45) is 8.45. The molecule has 41 heavy (non-hydrogen) atoms. The van der Waals surface area contributed by atoms with E-state index in [9.17, 15) is 22.0 Å². The predicted octanol–water partition coefficient (Wildman–Crippen LogP) is 6.16. The van der Waals surface area contributed by atoms with Crippen LogP contribution in [-0.4, -0.2) is 66.7 Å². The second-order valence-electron chi connectivity index (χ2n) is 12.2. The van der Waals surface area contributed by atoms with Gasteiger partial charge in [-0.15, -0.1) is 0 Å². The van der Waals surface area contributed by atoms with Crippen molar-refractivity contribution in [3.63, 3.8) is 0 Å². The minimum atomic E-state index is -4.13. The van der Waals surface area contributed by atoms with E-state index in [2.05, 4.69) is 4.90 Å². The van der Waals surface area contributed by atoms with E-state index in [1.165, 1.54) is 60.0 Å². The van der Waals surface area contributed by atoms with Crippen LogP contribution in [0.5, 0.6) is 0 Å². The lowest BCUT2D eigenvalue weighted by molar-refractivity contribution is -0.141. The Balaban J connectivity index is 1.31. The summed E-state index contributed by atoms with van der Waals surface area (Å²) in [4.78, 5) is 18.8. The molecule has 2 unspecified atom stereocenters. The van der Waals surface area contributed by atoms with Gasteiger partial charge >= 0.3 is 0 Å². The Morgan fingerprint density at radius 1 is 0.829 bits per heavy atom. The number of halogens is 3. The van der Waals surface area contributed by atoms with Crippen LogP contribution in [0.2, 0.25) is 5.02 Å². The van der Waals surface area contributed by atoms with E-state index in [1.807, 2.05) is 4.90 Å². The molecule has 3 saturated heterocycles. The van der Waals surface area contributed by atoms with Crippen LogP contribution in [0.15, 0.2) is 47.4 Å². The summed E-state index contributed by atoms with van der Waals surface area (Å²) in [6.45, 7) is 3.61. The van der Waals surface area contributed by atoms with Gasteiger partial charge in [-0.2, -0.15) is 4.31 Å². The van der Waals surface area contributed by atoms with Crippen LogP contribution in [0.4, 0.5) is 8.78 Å². The fourth-order valence-corrected chi connectivity index (χ4v) is 9.55. The molecular weight excluding hydrogens is 568 g/mol. The zero-order chi connectivity index (χ0) is 28.8. The molecule has 4 aliphatic rings. The molecule has 2 aromatic carbocycles. The van der Waals surface area contributed by atoms with E-state index in [4.69, 9.17) is 11.6 Å². The molecule has 0 N–H and O–H groups in total. The van der Waals surface area contributed by atoms with E-state index in [0.29, 0.717) is 56.3 Å². The number of nitrogens with zero attached hydrogens (tertiary/aromatic N) is 3. The summed E-state index contributed by atoms with van der Waals surface area (Å²) in [7, 11) is -4.13. The predicted molar refractivity (Wildman–Crippen MR) is 154 cm³/mol. The van der Waals surface area contributed by atoms with Gasteiger partial charge in [0, 0.05) is 36.3 Å². The van der Waals surface area contributed by atoms with Gasteiger partial charge in [0.2, 0.25) is 15.9 Å². The maximum absolute atomic E-state index is 14.4. The molecular formula is C31H38ClF2N3O3S. The SMILES string of the molecule is O=C(N1CCC(N2CCCCC2)CC1)C1(C2CCCC(c3cc(F)cc(F)c3)N2S(=O)(=O)c2ccc(Cl)cc2)CC1. The lowest BCUT2D eigenvalue weighted by Gasteiger charge is -2.46. The van der Waals surface area contributed by atoms with Crippen LogP contribution in [0.1, 0.15) is 75.8 Å². The van der Waals surface area contributed by atoms with Crippen LogP contribution in [0.3, 0.4) is 0 Å². The Labute approximate surface area is 246 Å². The lowest BCUT2D eigenvalue weighted by Crippen LogP contribution is -2.56. The molecule has 10 heteroatoms. The Morgan fingerprint density at radius 2 is 1.46 bits per heavy atom. The first-order chi connectivity index (χ1) is 19.7. The van der Waals surface area contributed by atoms with Gasteiger partial charge in [-0.05, 0) is 113 Å². The summed E-state index contributed by atoms with van der Waals surface area (Å²) in [5.74, 6) is -1.47. The van der Waals surface area contributed by atoms with Crippen molar-refractivity contribution in [2.45, 2.75) is 87.2 Å². The first-order valence-corrected chi connectivity index (χ1v) is 16.8. The monoisotopic (exact) mass is 605 g/mol. The highest BCUT2D eigenvalue weighted by atomic mass is 35.5. The zero-order valence-electron chi connectivity index (χ0n) is 23.3. The number of carbonyl (C=O) groups excluding carboxylic acids is 1. The number of hydrogen-bond acceptors (Lipinski definition) is 4. The highest BCUT2D eigenvalue weighted by molar-refractivity contribution is 7.89. The van der Waals surface area contributed by atoms with Gasteiger partial charge in [0.1, 0.15) is 11.6 Å². The number of hydrogen-bond donors (Lipinski definition) is 0. The minimum absolute atomic E-state index is 0.0296. The number of carbonyl (C=O) groups is 1. The quantitative estimate of drug-likeness (QED) is 0.396. The fourth-order valence-electron chi connectivity index (χ4n) is 7.50. The van der Waals surface area contributed by atoms with Crippen LogP contribution in [-0.2, 0) is 14.8 Å². The molecule has 3 heterocycles. The van der Waals surface area contributed by atoms with E-state index in [-0.39, 0.29) is 16.4 Å². The third-order valence-corrected chi connectivity index (χ3v) is 11.9. The molecule has 0 aromatic heterocycles. The molecule has 4 fully saturated rings. The molecule has 0 spiro atoms. The molecule has 222 valence electrons. The molecule has 2 atom stereocenters. The van der Waals surface area contributed by atoms with Gasteiger partial charge in [-0.1, -0.05) is 18.0 Å². The minimum Gasteiger partial charge on any atom is -0.342 e.